The van der Waals surface area contributed by atoms with E-state index in [1.807, 2.05) is 350 Å². The molecular weight excluding hydrogens is 1830 g/mol. The quantitative estimate of drug-likeness (QED) is 0.0701. The maximum absolute atomic E-state index is 18.2. The molecule has 16 heteroatoms. The fourth-order valence-corrected chi connectivity index (χ4v) is 21.9. The van der Waals surface area contributed by atoms with Crippen LogP contribution in [0.4, 0.5) is 25.9 Å². The van der Waals surface area contributed by atoms with E-state index >= 15 is 25.9 Å². The molecule has 0 atom stereocenters. The molecule has 0 saturated heterocycles. The third kappa shape index (κ3) is 17.0. The molecule has 0 N–H and O–H groups in total. The molecule has 0 spiro atoms. The highest BCUT2D eigenvalue weighted by atomic mass is 19.3. The van der Waals surface area contributed by atoms with E-state index in [0.717, 1.165) is 206 Å². The van der Waals surface area contributed by atoms with E-state index in [2.05, 4.69) is 147 Å². The molecule has 3 aromatic heterocycles. The van der Waals surface area contributed by atoms with Crippen LogP contribution in [0.5, 0.6) is 5.75 Å². The largest absolute Gasteiger partial charge is 0.737 e. The van der Waals surface area contributed by atoms with Crippen molar-refractivity contribution in [1.29, 1.82) is 0 Å². The summed E-state index contributed by atoms with van der Waals surface area (Å²) in [5.41, 5.74) is 40.5. The smallest absolute Gasteiger partial charge is 0.496 e. The lowest BCUT2D eigenvalue weighted by atomic mass is 9.81. The number of methoxy groups -OCH3 is 1. The number of aryl methyl sites for hydroxylation is 14. The lowest BCUT2D eigenvalue weighted by Gasteiger charge is -2.35. The first-order chi connectivity index (χ1) is 71.4. The number of hydrogen-bond donors (Lipinski definition) is 0. The van der Waals surface area contributed by atoms with Gasteiger partial charge in [0.2, 0.25) is 0 Å². The van der Waals surface area contributed by atoms with E-state index in [4.69, 9.17) is 4.74 Å². The molecular formula is C132H111B3F6N6O. The Hall–Kier alpha value is -16.8. The van der Waals surface area contributed by atoms with Crippen LogP contribution >= 0.6 is 0 Å². The summed E-state index contributed by atoms with van der Waals surface area (Å²) in [4.78, 5) is 0. The maximum atomic E-state index is 18.2. The SMILES string of the molecule is COc1ccccc1C1=C2C(c3ccc(C)cc3)=CC(c3ccc(C)cc3)=[N+]2[B-](F)(F)n2c(-c3ccc(C)cc3)cc(-c3ccc(C)cc3)c21.Cc1ccc(C2=CC(c3ccc(C)cc3)=[N+]3C2=C(c2ccc(C)cc2)c2c(-c4ccc(C)cc4)cc(-c4ccc(C)cc4)n2[B-]3(F)F)cc1.Cc1ccc(C2=CC(c3ccc(C)cc3)=[N+]3C2=C(c2ccccc2C)c2c(-c4ccc(C)cc4)cc(-c4ccc(C)cc4)n2[B-]3(F)F)cc1. The Bertz CT molecular complexity index is 8690. The van der Waals surface area contributed by atoms with Crippen LogP contribution in [0.3, 0.4) is 0 Å². The van der Waals surface area contributed by atoms with E-state index in [-0.39, 0.29) is 0 Å². The summed E-state index contributed by atoms with van der Waals surface area (Å²) in [6.07, 6.45) is 5.89. The van der Waals surface area contributed by atoms with Gasteiger partial charge in [0.1, 0.15) is 5.75 Å². The van der Waals surface area contributed by atoms with Gasteiger partial charge in [-0.15, -0.1) is 0 Å². The van der Waals surface area contributed by atoms with E-state index in [1.165, 1.54) is 26.9 Å². The van der Waals surface area contributed by atoms with Crippen molar-refractivity contribution >= 4 is 71.5 Å². The van der Waals surface area contributed by atoms with E-state index in [0.29, 0.717) is 79.7 Å². The van der Waals surface area contributed by atoms with Gasteiger partial charge in [0.25, 0.3) is 0 Å². The normalized spacial score (nSPS) is 14.9. The van der Waals surface area contributed by atoms with Crippen LogP contribution in [0.1, 0.15) is 145 Å². The minimum atomic E-state index is -4.45. The van der Waals surface area contributed by atoms with Gasteiger partial charge >= 0.3 is 20.9 Å². The fourth-order valence-electron chi connectivity index (χ4n) is 21.9. The fraction of sp³-hybridized carbons (Fsp3) is 0.114. The van der Waals surface area contributed by atoms with Crippen LogP contribution in [0.25, 0.3) is 101 Å². The zero-order chi connectivity index (χ0) is 103. The Kier molecular flexibility index (Phi) is 24.6. The topological polar surface area (TPSA) is 33.0 Å². The molecule has 9 heterocycles. The van der Waals surface area contributed by atoms with Crippen LogP contribution in [-0.2, 0) is 0 Å². The molecule has 6 aliphatic heterocycles. The number of para-hydroxylation sites is 1. The van der Waals surface area contributed by atoms with Gasteiger partial charge in [-0.1, -0.05) is 394 Å². The Morgan fingerprint density at radius 3 is 0.662 bits per heavy atom. The number of ether oxygens (including phenoxy) is 1. The second kappa shape index (κ2) is 38.0. The highest BCUT2D eigenvalue weighted by Crippen LogP contribution is 2.57. The molecule has 148 heavy (non-hydrogen) atoms. The predicted octanol–water partition coefficient (Wildman–Crippen LogP) is 32.6. The van der Waals surface area contributed by atoms with E-state index in [1.54, 1.807) is 7.11 Å². The van der Waals surface area contributed by atoms with Crippen molar-refractivity contribution in [2.24, 2.45) is 0 Å². The molecule has 24 rings (SSSR count). The highest BCUT2D eigenvalue weighted by Gasteiger charge is 2.61. The lowest BCUT2D eigenvalue weighted by molar-refractivity contribution is -0.359. The van der Waals surface area contributed by atoms with Crippen LogP contribution in [0, 0.1) is 96.9 Å². The van der Waals surface area contributed by atoms with Gasteiger partial charge in [0.15, 0.2) is 34.2 Å². The molecule has 7 nitrogen and oxygen atoms in total. The van der Waals surface area contributed by atoms with Gasteiger partial charge < -0.3 is 57.5 Å². The molecule has 0 bridgehead atoms. The third-order valence-corrected chi connectivity index (χ3v) is 29.9. The predicted molar refractivity (Wildman–Crippen MR) is 602 cm³/mol. The minimum Gasteiger partial charge on any atom is -0.496 e. The monoisotopic (exact) mass is 1940 g/mol. The molecule has 0 amide bonds. The number of nitrogens with zero attached hydrogens (tertiary/aromatic N) is 6. The van der Waals surface area contributed by atoms with Gasteiger partial charge in [0.05, 0.1) is 40.5 Å². The molecule has 0 radical (unpaired) electrons. The standard InChI is InChI=1S/C44H37BF2N2O.2C44H37BF2N2/c1-28-10-18-32(19-11-28)37-26-39(34-22-14-30(3)15-23-34)48-43(37)42(36-8-6-7-9-41(36)50-5)44-38(33-20-12-29(2)13-21-33)27-40(49(44)45(48,46)47)35-24-16-31(4)17-25-35;1-28-6-16-33(17-7-28)38-26-40(35-20-10-30(3)11-21-35)48-43(38)42(37-24-14-32(5)15-25-37)44-39(34-18-8-29(2)9-19-34)27-41(49(44)45(48,46)47)36-22-12-31(4)13-23-36;1-28-10-18-33(19-11-28)38-26-40(35-22-14-30(3)15-23-35)48-43(38)42(37-9-7-6-8-32(37)5)44-39(34-20-12-29(2)13-21-34)27-41(49(44)45(48,46)47)36-24-16-31(4)17-25-36/h6-27H,1-5H3;2*6-27H,1-5H3. The van der Waals surface area contributed by atoms with Crippen molar-refractivity contribution in [3.05, 3.63) is 563 Å². The molecule has 15 aromatic carbocycles. The Morgan fingerprint density at radius 1 is 0.203 bits per heavy atom. The molecule has 0 aliphatic carbocycles. The zero-order valence-electron chi connectivity index (χ0n) is 85.7. The molecule has 18 aromatic rings. The van der Waals surface area contributed by atoms with E-state index in [9.17, 15) is 0 Å². The molecule has 0 saturated carbocycles. The second-order valence-electron chi connectivity index (χ2n) is 40.6. The van der Waals surface area contributed by atoms with Crippen LogP contribution in [-0.4, -0.2) is 72.0 Å². The van der Waals surface area contributed by atoms with Crippen molar-refractivity contribution in [3.8, 4) is 72.9 Å². The Morgan fingerprint density at radius 2 is 0.405 bits per heavy atom. The van der Waals surface area contributed by atoms with Crippen molar-refractivity contribution in [2.75, 3.05) is 7.11 Å². The number of rotatable bonds is 16. The average Bonchev–Trinajstić information content (AvgIpc) is 1.54. The summed E-state index contributed by atoms with van der Waals surface area (Å²) in [6, 6.07) is 126. The van der Waals surface area contributed by atoms with Crippen LogP contribution in [0.15, 0.2) is 418 Å². The molecule has 726 valence electrons. The molecule has 0 unspecified atom stereocenters. The Balaban J connectivity index is 0.000000126. The molecule has 0 fully saturated rings. The second-order valence-corrected chi connectivity index (χ2v) is 40.6. The van der Waals surface area contributed by atoms with Crippen molar-refractivity contribution < 1.29 is 44.1 Å². The third-order valence-electron chi connectivity index (χ3n) is 29.9. The highest BCUT2D eigenvalue weighted by molar-refractivity contribution is 6.61. The lowest BCUT2D eigenvalue weighted by Crippen LogP contribution is -2.51. The van der Waals surface area contributed by atoms with Crippen molar-refractivity contribution in [3.63, 3.8) is 0 Å². The zero-order valence-corrected chi connectivity index (χ0v) is 85.7. The van der Waals surface area contributed by atoms with Crippen molar-refractivity contribution in [2.45, 2.75) is 96.9 Å². The maximum Gasteiger partial charge on any atom is 0.737 e. The summed E-state index contributed by atoms with van der Waals surface area (Å²) in [5.74, 6) is 0.610. The summed E-state index contributed by atoms with van der Waals surface area (Å²) in [7, 11) is 1.64. The number of fused-ring (bicyclic) bond motifs is 6. The summed E-state index contributed by atoms with van der Waals surface area (Å²) in [5, 5.41) is 0. The Labute approximate surface area is 862 Å². The minimum absolute atomic E-state index is 0.457. The first kappa shape index (κ1) is 96.0. The van der Waals surface area contributed by atoms with Gasteiger partial charge in [-0.2, -0.15) is 0 Å². The van der Waals surface area contributed by atoms with Crippen LogP contribution in [0.2, 0.25) is 0 Å². The first-order valence-corrected chi connectivity index (χ1v) is 50.7. The average molecular weight is 1940 g/mol. The number of halogens is 6. The van der Waals surface area contributed by atoms with Gasteiger partial charge in [0, 0.05) is 91.3 Å². The molecule has 6 aliphatic rings. The van der Waals surface area contributed by atoms with Gasteiger partial charge in [-0.05, 0) is 224 Å². The van der Waals surface area contributed by atoms with Crippen LogP contribution < -0.4 is 4.74 Å². The number of hydrogen-bond acceptors (Lipinski definition) is 1. The first-order valence-electron chi connectivity index (χ1n) is 50.7. The summed E-state index contributed by atoms with van der Waals surface area (Å²) < 4.78 is 123. The van der Waals surface area contributed by atoms with Gasteiger partial charge in [-0.3, -0.25) is 0 Å². The van der Waals surface area contributed by atoms with Gasteiger partial charge in [-0.25, -0.2) is 0 Å². The number of aromatic nitrogens is 3. The van der Waals surface area contributed by atoms with Crippen molar-refractivity contribution in [1.82, 2.24) is 13.4 Å². The summed E-state index contributed by atoms with van der Waals surface area (Å²) >= 11 is 0. The van der Waals surface area contributed by atoms with E-state index < -0.39 is 20.9 Å². The summed E-state index contributed by atoms with van der Waals surface area (Å²) in [6.45, 7) is 15.2. The number of benzene rings is 15. The number of allylic oxidation sites excluding steroid dienone is 6.